The Balaban J connectivity index is 2.16. The number of carbonyl (C=O) groups is 2. The van der Waals surface area contributed by atoms with Gasteiger partial charge in [-0.25, -0.2) is 0 Å². The van der Waals surface area contributed by atoms with Crippen molar-refractivity contribution in [3.05, 3.63) is 64.3 Å². The van der Waals surface area contributed by atoms with Gasteiger partial charge < -0.3 is 9.72 Å². The maximum atomic E-state index is 13.0. The monoisotopic (exact) mass is 369 g/mol. The number of hydrogen-bond acceptors (Lipinski definition) is 3. The predicted molar refractivity (Wildman–Crippen MR) is 103 cm³/mol. The molecule has 4 nitrogen and oxygen atoms in total. The van der Waals surface area contributed by atoms with Crippen LogP contribution >= 0.6 is 11.6 Å². The highest BCUT2D eigenvalue weighted by atomic mass is 35.5. The summed E-state index contributed by atoms with van der Waals surface area (Å²) in [4.78, 5) is 28.0. The summed E-state index contributed by atoms with van der Waals surface area (Å²) >= 11 is 5.90. The number of halogens is 1. The van der Waals surface area contributed by atoms with Gasteiger partial charge >= 0.3 is 5.97 Å². The molecule has 1 heterocycles. The van der Waals surface area contributed by atoms with Crippen LogP contribution in [0.15, 0.2) is 42.5 Å². The van der Waals surface area contributed by atoms with Crippen molar-refractivity contribution in [2.24, 2.45) is 0 Å². The van der Waals surface area contributed by atoms with E-state index in [1.54, 1.807) is 31.2 Å². The summed E-state index contributed by atoms with van der Waals surface area (Å²) in [6.07, 6.45) is 0.227. The Kier molecular flexibility index (Phi) is 5.14. The number of rotatable bonds is 5. The van der Waals surface area contributed by atoms with Gasteiger partial charge in [-0.15, -0.1) is 0 Å². The molecule has 2 aromatic carbocycles. The first-order chi connectivity index (χ1) is 12.4. The smallest absolute Gasteiger partial charge is 0.310 e. The van der Waals surface area contributed by atoms with Gasteiger partial charge in [-0.1, -0.05) is 38.4 Å². The Bertz CT molecular complexity index is 971. The lowest BCUT2D eigenvalue weighted by atomic mass is 10.0. The predicted octanol–water partition coefficient (Wildman–Crippen LogP) is 5.49. The third kappa shape index (κ3) is 3.51. The number of nitrogens with one attached hydrogen (secondary N) is 1. The summed E-state index contributed by atoms with van der Waals surface area (Å²) < 4.78 is 5.53. The fourth-order valence-electron chi connectivity index (χ4n) is 2.74. The number of H-pyrrole nitrogens is 1. The highest BCUT2D eigenvalue weighted by Crippen LogP contribution is 2.34. The van der Waals surface area contributed by atoms with Crippen molar-refractivity contribution in [3.63, 3.8) is 0 Å². The fraction of sp³-hybridized carbons (Fsp3) is 0.238. The molecular weight excluding hydrogens is 350 g/mol. The lowest BCUT2D eigenvalue weighted by Crippen LogP contribution is -2.10. The lowest BCUT2D eigenvalue weighted by molar-refractivity contribution is -0.133. The van der Waals surface area contributed by atoms with Crippen LogP contribution in [0.2, 0.25) is 5.02 Å². The van der Waals surface area contributed by atoms with Crippen LogP contribution in [0.5, 0.6) is 5.75 Å². The average molecular weight is 370 g/mol. The number of hydrogen-bond donors (Lipinski definition) is 1. The molecule has 3 aromatic rings. The number of aromatic amines is 1. The minimum absolute atomic E-state index is 0.227. The second-order valence-corrected chi connectivity index (χ2v) is 6.89. The number of benzene rings is 2. The topological polar surface area (TPSA) is 59.2 Å². The number of aromatic nitrogens is 1. The lowest BCUT2D eigenvalue weighted by Gasteiger charge is -2.07. The van der Waals surface area contributed by atoms with Gasteiger partial charge in [-0.05, 0) is 47.9 Å². The zero-order valence-electron chi connectivity index (χ0n) is 14.9. The average Bonchev–Trinajstić information content (AvgIpc) is 2.99. The second-order valence-electron chi connectivity index (χ2n) is 6.45. The van der Waals surface area contributed by atoms with Gasteiger partial charge in [0.1, 0.15) is 5.69 Å². The van der Waals surface area contributed by atoms with Crippen LogP contribution in [-0.4, -0.2) is 16.7 Å². The molecule has 3 rings (SSSR count). The molecular formula is C21H20ClNO3. The van der Waals surface area contributed by atoms with E-state index in [1.807, 2.05) is 18.2 Å². The highest BCUT2D eigenvalue weighted by molar-refractivity contribution is 6.30. The normalized spacial score (nSPS) is 11.1. The van der Waals surface area contributed by atoms with Crippen LogP contribution in [0.4, 0.5) is 0 Å². The molecule has 134 valence electrons. The molecule has 0 aliphatic carbocycles. The molecule has 1 N–H and O–H groups in total. The van der Waals surface area contributed by atoms with E-state index >= 15 is 0 Å². The molecule has 0 saturated carbocycles. The van der Waals surface area contributed by atoms with Crippen molar-refractivity contribution in [2.45, 2.75) is 33.1 Å². The number of ketones is 1. The maximum Gasteiger partial charge on any atom is 0.310 e. The molecule has 0 atom stereocenters. The van der Waals surface area contributed by atoms with Crippen LogP contribution in [0.25, 0.3) is 10.9 Å². The van der Waals surface area contributed by atoms with Crippen LogP contribution in [0.1, 0.15) is 54.7 Å². The van der Waals surface area contributed by atoms with Gasteiger partial charge in [0.05, 0.1) is 0 Å². The van der Waals surface area contributed by atoms with Crippen molar-refractivity contribution in [2.75, 3.05) is 0 Å². The Morgan fingerprint density at radius 3 is 2.42 bits per heavy atom. The first-order valence-electron chi connectivity index (χ1n) is 8.57. The summed E-state index contributed by atoms with van der Waals surface area (Å²) in [5, 5.41) is 1.28. The van der Waals surface area contributed by atoms with Crippen LogP contribution < -0.4 is 4.74 Å². The summed E-state index contributed by atoms with van der Waals surface area (Å²) in [5.41, 5.74) is 2.60. The first kappa shape index (κ1) is 18.2. The molecule has 0 bridgehead atoms. The van der Waals surface area contributed by atoms with Gasteiger partial charge in [-0.3, -0.25) is 9.59 Å². The van der Waals surface area contributed by atoms with Gasteiger partial charge in [0.15, 0.2) is 5.75 Å². The molecule has 1 aromatic heterocycles. The third-order valence-electron chi connectivity index (χ3n) is 4.28. The molecule has 0 unspecified atom stereocenters. The van der Waals surface area contributed by atoms with Gasteiger partial charge in [-0.2, -0.15) is 0 Å². The van der Waals surface area contributed by atoms with Crippen molar-refractivity contribution in [1.29, 1.82) is 0 Å². The largest absolute Gasteiger partial charge is 0.423 e. The fourth-order valence-corrected chi connectivity index (χ4v) is 2.87. The van der Waals surface area contributed by atoms with E-state index in [1.165, 1.54) is 0 Å². The van der Waals surface area contributed by atoms with Crippen LogP contribution in [0.3, 0.4) is 0 Å². The molecule has 26 heavy (non-hydrogen) atoms. The molecule has 0 saturated heterocycles. The van der Waals surface area contributed by atoms with E-state index < -0.39 is 0 Å². The third-order valence-corrected chi connectivity index (χ3v) is 4.53. The van der Waals surface area contributed by atoms with E-state index in [9.17, 15) is 9.59 Å². The van der Waals surface area contributed by atoms with E-state index in [2.05, 4.69) is 18.8 Å². The molecule has 0 amide bonds. The standard InChI is InChI=1S/C21H20ClNO3/c1-4-18(24)26-21-16-11-14(12(2)3)7-10-17(16)23-19(21)20(25)13-5-8-15(22)9-6-13/h5-12,23H,4H2,1-3H3. The first-order valence-corrected chi connectivity index (χ1v) is 8.95. The Morgan fingerprint density at radius 1 is 1.12 bits per heavy atom. The minimum atomic E-state index is -0.383. The molecule has 5 heteroatoms. The molecule has 0 spiro atoms. The van der Waals surface area contributed by atoms with E-state index in [0.29, 0.717) is 16.5 Å². The van der Waals surface area contributed by atoms with Gasteiger partial charge in [0.2, 0.25) is 5.78 Å². The molecule has 0 aliphatic rings. The second kappa shape index (κ2) is 7.34. The zero-order chi connectivity index (χ0) is 18.8. The number of fused-ring (bicyclic) bond motifs is 1. The summed E-state index contributed by atoms with van der Waals surface area (Å²) in [7, 11) is 0. The zero-order valence-corrected chi connectivity index (χ0v) is 15.7. The number of esters is 1. The molecule has 0 radical (unpaired) electrons. The maximum absolute atomic E-state index is 13.0. The van der Waals surface area contributed by atoms with Crippen molar-refractivity contribution < 1.29 is 14.3 Å². The number of ether oxygens (including phenoxy) is 1. The quantitative estimate of drug-likeness (QED) is 0.477. The van der Waals surface area contributed by atoms with Crippen molar-refractivity contribution in [1.82, 2.24) is 4.98 Å². The SMILES string of the molecule is CCC(=O)Oc1c(C(=O)c2ccc(Cl)cc2)[nH]c2ccc(C(C)C)cc12. The summed E-state index contributed by atoms with van der Waals surface area (Å²) in [6, 6.07) is 12.5. The molecule has 0 fully saturated rings. The van der Waals surface area contributed by atoms with E-state index in [0.717, 1.165) is 16.5 Å². The summed E-state index contributed by atoms with van der Waals surface area (Å²) in [6.45, 7) is 5.90. The van der Waals surface area contributed by atoms with Gasteiger partial charge in [0.25, 0.3) is 0 Å². The Morgan fingerprint density at radius 2 is 1.81 bits per heavy atom. The van der Waals surface area contributed by atoms with E-state index in [-0.39, 0.29) is 29.6 Å². The Labute approximate surface area is 157 Å². The van der Waals surface area contributed by atoms with Crippen LogP contribution in [-0.2, 0) is 4.79 Å². The minimum Gasteiger partial charge on any atom is -0.423 e. The van der Waals surface area contributed by atoms with Crippen molar-refractivity contribution >= 4 is 34.3 Å². The number of carbonyl (C=O) groups excluding carboxylic acids is 2. The van der Waals surface area contributed by atoms with Crippen molar-refractivity contribution in [3.8, 4) is 5.75 Å². The molecule has 0 aliphatic heterocycles. The highest BCUT2D eigenvalue weighted by Gasteiger charge is 2.23. The van der Waals surface area contributed by atoms with Gasteiger partial charge in [0, 0.05) is 27.9 Å². The van der Waals surface area contributed by atoms with Crippen LogP contribution in [0, 0.1) is 0 Å². The summed E-state index contributed by atoms with van der Waals surface area (Å²) in [5.74, 6) is -0.0254. The van der Waals surface area contributed by atoms with E-state index in [4.69, 9.17) is 16.3 Å². The Hall–Kier alpha value is -2.59.